The standard InChI is InChI=1S/C23H22N2O3/c1-27-22(19-12-6-3-7-13-19)23(26)25-24-16-20-14-8-9-15-21(20)28-17-18-10-4-2-5-11-18/h2-16,22H,17H2,1H3,(H,25,26)/b24-16-/t22-/m1/s1. The Kier molecular flexibility index (Phi) is 6.93. The first-order valence-corrected chi connectivity index (χ1v) is 8.94. The van der Waals surface area contributed by atoms with Crippen LogP contribution in [-0.4, -0.2) is 19.2 Å². The van der Waals surface area contributed by atoms with E-state index in [4.69, 9.17) is 9.47 Å². The third-order valence-electron chi connectivity index (χ3n) is 4.11. The van der Waals surface area contributed by atoms with Crippen LogP contribution in [0.3, 0.4) is 0 Å². The van der Waals surface area contributed by atoms with Crippen molar-refractivity contribution < 1.29 is 14.3 Å². The maximum Gasteiger partial charge on any atom is 0.273 e. The molecule has 1 amide bonds. The minimum absolute atomic E-state index is 0.340. The smallest absolute Gasteiger partial charge is 0.273 e. The summed E-state index contributed by atoms with van der Waals surface area (Å²) < 4.78 is 11.2. The van der Waals surface area contributed by atoms with Crippen LogP contribution in [0, 0.1) is 0 Å². The molecule has 0 spiro atoms. The molecule has 3 aromatic carbocycles. The Hall–Kier alpha value is -3.44. The number of hydrogen-bond donors (Lipinski definition) is 1. The van der Waals surface area contributed by atoms with Gasteiger partial charge in [-0.15, -0.1) is 0 Å². The molecule has 0 aliphatic heterocycles. The summed E-state index contributed by atoms with van der Waals surface area (Å²) in [4.78, 5) is 12.4. The van der Waals surface area contributed by atoms with Crippen LogP contribution in [-0.2, 0) is 16.1 Å². The van der Waals surface area contributed by atoms with E-state index in [1.165, 1.54) is 7.11 Å². The summed E-state index contributed by atoms with van der Waals surface area (Å²) in [6.45, 7) is 0.456. The number of hydrazone groups is 1. The van der Waals surface area contributed by atoms with Gasteiger partial charge in [-0.2, -0.15) is 5.10 Å². The zero-order valence-electron chi connectivity index (χ0n) is 15.6. The van der Waals surface area contributed by atoms with Crippen LogP contribution in [0.25, 0.3) is 0 Å². The SMILES string of the molecule is CO[C@@H](C(=O)N/N=C\c1ccccc1OCc1ccccc1)c1ccccc1. The number of rotatable bonds is 8. The maximum absolute atomic E-state index is 12.4. The summed E-state index contributed by atoms with van der Waals surface area (Å²) in [5, 5.41) is 4.07. The van der Waals surface area contributed by atoms with Crippen molar-refractivity contribution in [2.75, 3.05) is 7.11 Å². The van der Waals surface area contributed by atoms with Gasteiger partial charge in [-0.3, -0.25) is 4.79 Å². The number of carbonyl (C=O) groups excluding carboxylic acids is 1. The summed E-state index contributed by atoms with van der Waals surface area (Å²) in [5.74, 6) is 0.350. The van der Waals surface area contributed by atoms with Gasteiger partial charge in [0.1, 0.15) is 12.4 Å². The fourth-order valence-corrected chi connectivity index (χ4v) is 2.70. The Balaban J connectivity index is 1.63. The van der Waals surface area contributed by atoms with Crippen molar-refractivity contribution in [1.82, 2.24) is 5.43 Å². The zero-order valence-corrected chi connectivity index (χ0v) is 15.6. The average molecular weight is 374 g/mol. The Morgan fingerprint density at radius 2 is 1.61 bits per heavy atom. The molecule has 0 bridgehead atoms. The highest BCUT2D eigenvalue weighted by molar-refractivity contribution is 5.86. The van der Waals surface area contributed by atoms with Crippen molar-refractivity contribution in [1.29, 1.82) is 0 Å². The molecule has 0 saturated carbocycles. The van der Waals surface area contributed by atoms with Gasteiger partial charge in [-0.25, -0.2) is 5.43 Å². The first-order chi connectivity index (χ1) is 13.8. The molecule has 5 nitrogen and oxygen atoms in total. The van der Waals surface area contributed by atoms with Crippen LogP contribution < -0.4 is 10.2 Å². The minimum Gasteiger partial charge on any atom is -0.488 e. The summed E-state index contributed by atoms with van der Waals surface area (Å²) in [7, 11) is 1.49. The average Bonchev–Trinajstić information content (AvgIpc) is 2.75. The number of nitrogens with zero attached hydrogens (tertiary/aromatic N) is 1. The predicted octanol–water partition coefficient (Wildman–Crippen LogP) is 4.10. The summed E-state index contributed by atoms with van der Waals surface area (Å²) in [5.41, 5.74) is 5.15. The quantitative estimate of drug-likeness (QED) is 0.477. The number of benzene rings is 3. The molecule has 0 radical (unpaired) electrons. The van der Waals surface area contributed by atoms with Gasteiger partial charge in [0.15, 0.2) is 6.10 Å². The molecular formula is C23H22N2O3. The molecule has 0 unspecified atom stereocenters. The molecule has 0 aromatic heterocycles. The van der Waals surface area contributed by atoms with E-state index in [0.29, 0.717) is 12.4 Å². The molecule has 0 heterocycles. The van der Waals surface area contributed by atoms with E-state index in [-0.39, 0.29) is 5.91 Å². The predicted molar refractivity (Wildman–Crippen MR) is 109 cm³/mol. The lowest BCUT2D eigenvalue weighted by Gasteiger charge is -2.13. The van der Waals surface area contributed by atoms with E-state index < -0.39 is 6.10 Å². The van der Waals surface area contributed by atoms with Crippen LogP contribution in [0.5, 0.6) is 5.75 Å². The molecule has 0 aliphatic carbocycles. The molecule has 3 rings (SSSR count). The molecule has 1 atom stereocenters. The molecule has 0 fully saturated rings. The first kappa shape index (κ1) is 19.3. The second kappa shape index (κ2) is 10.0. The second-order valence-corrected chi connectivity index (χ2v) is 6.07. The molecule has 0 saturated heterocycles. The number of carbonyl (C=O) groups is 1. The van der Waals surface area contributed by atoms with Gasteiger partial charge in [0, 0.05) is 12.7 Å². The van der Waals surface area contributed by atoms with Crippen LogP contribution in [0.15, 0.2) is 90.0 Å². The van der Waals surface area contributed by atoms with Crippen LogP contribution in [0.1, 0.15) is 22.8 Å². The van der Waals surface area contributed by atoms with E-state index in [1.54, 1.807) is 6.21 Å². The molecule has 0 aliphatic rings. The fourth-order valence-electron chi connectivity index (χ4n) is 2.70. The van der Waals surface area contributed by atoms with E-state index in [0.717, 1.165) is 16.7 Å². The van der Waals surface area contributed by atoms with Crippen LogP contribution in [0.2, 0.25) is 0 Å². The maximum atomic E-state index is 12.4. The lowest BCUT2D eigenvalue weighted by atomic mass is 10.1. The summed E-state index contributed by atoms with van der Waals surface area (Å²) in [6.07, 6.45) is 0.846. The third-order valence-corrected chi connectivity index (χ3v) is 4.11. The van der Waals surface area contributed by atoms with Gasteiger partial charge in [0.2, 0.25) is 0 Å². The minimum atomic E-state index is -0.720. The molecule has 3 aromatic rings. The van der Waals surface area contributed by atoms with Gasteiger partial charge in [0.05, 0.1) is 6.21 Å². The number of hydrogen-bond acceptors (Lipinski definition) is 4. The fraction of sp³-hybridized carbons (Fsp3) is 0.130. The van der Waals surface area contributed by atoms with Crippen molar-refractivity contribution in [2.24, 2.45) is 5.10 Å². The van der Waals surface area contributed by atoms with E-state index in [1.807, 2.05) is 84.9 Å². The number of ether oxygens (including phenoxy) is 2. The molecular weight excluding hydrogens is 352 g/mol. The van der Waals surface area contributed by atoms with Crippen LogP contribution >= 0.6 is 0 Å². The molecule has 28 heavy (non-hydrogen) atoms. The highest BCUT2D eigenvalue weighted by Gasteiger charge is 2.19. The molecule has 1 N–H and O–H groups in total. The van der Waals surface area contributed by atoms with Crippen molar-refractivity contribution in [3.63, 3.8) is 0 Å². The van der Waals surface area contributed by atoms with Gasteiger partial charge in [-0.05, 0) is 23.3 Å². The summed E-state index contributed by atoms with van der Waals surface area (Å²) in [6, 6.07) is 26.7. The Bertz CT molecular complexity index is 911. The van der Waals surface area contributed by atoms with Gasteiger partial charge in [-0.1, -0.05) is 72.8 Å². The molecule has 142 valence electrons. The van der Waals surface area contributed by atoms with Crippen molar-refractivity contribution in [3.8, 4) is 5.75 Å². The van der Waals surface area contributed by atoms with Gasteiger partial charge >= 0.3 is 0 Å². The van der Waals surface area contributed by atoms with Crippen molar-refractivity contribution >= 4 is 12.1 Å². The third kappa shape index (κ3) is 5.28. The Morgan fingerprint density at radius 3 is 2.32 bits per heavy atom. The highest BCUT2D eigenvalue weighted by atomic mass is 16.5. The van der Waals surface area contributed by atoms with E-state index >= 15 is 0 Å². The lowest BCUT2D eigenvalue weighted by Crippen LogP contribution is -2.26. The largest absolute Gasteiger partial charge is 0.488 e. The number of nitrogens with one attached hydrogen (secondary N) is 1. The normalized spacial score (nSPS) is 11.9. The molecule has 5 heteroatoms. The summed E-state index contributed by atoms with van der Waals surface area (Å²) >= 11 is 0. The Labute approximate surface area is 164 Å². The topological polar surface area (TPSA) is 59.9 Å². The monoisotopic (exact) mass is 374 g/mol. The number of amides is 1. The number of para-hydroxylation sites is 1. The second-order valence-electron chi connectivity index (χ2n) is 6.07. The van der Waals surface area contributed by atoms with E-state index in [2.05, 4.69) is 10.5 Å². The van der Waals surface area contributed by atoms with E-state index in [9.17, 15) is 4.79 Å². The zero-order chi connectivity index (χ0) is 19.6. The highest BCUT2D eigenvalue weighted by Crippen LogP contribution is 2.18. The first-order valence-electron chi connectivity index (χ1n) is 8.94. The van der Waals surface area contributed by atoms with Crippen molar-refractivity contribution in [3.05, 3.63) is 102 Å². The lowest BCUT2D eigenvalue weighted by molar-refractivity contribution is -0.131. The van der Waals surface area contributed by atoms with Crippen molar-refractivity contribution in [2.45, 2.75) is 12.7 Å². The number of methoxy groups -OCH3 is 1. The van der Waals surface area contributed by atoms with Gasteiger partial charge in [0.25, 0.3) is 5.91 Å². The Morgan fingerprint density at radius 1 is 0.964 bits per heavy atom. The van der Waals surface area contributed by atoms with Crippen LogP contribution in [0.4, 0.5) is 0 Å². The van der Waals surface area contributed by atoms with Gasteiger partial charge < -0.3 is 9.47 Å².